The first-order chi connectivity index (χ1) is 20.8. The first-order valence-corrected chi connectivity index (χ1v) is 14.2. The molecule has 2 aliphatic rings. The van der Waals surface area contributed by atoms with Crippen molar-refractivity contribution in [3.8, 4) is 0 Å². The summed E-state index contributed by atoms with van der Waals surface area (Å²) in [4.78, 5) is 31.2. The highest BCUT2D eigenvalue weighted by atomic mass is 16.8. The van der Waals surface area contributed by atoms with E-state index in [2.05, 4.69) is 4.79 Å². The molecule has 10 heteroatoms. The van der Waals surface area contributed by atoms with Gasteiger partial charge in [-0.3, -0.25) is 9.69 Å². The fraction of sp³-hybridized carbons (Fsp3) is 0.364. The number of ether oxygens (including phenoxy) is 5. The molecule has 43 heavy (non-hydrogen) atoms. The van der Waals surface area contributed by atoms with Gasteiger partial charge < -0.3 is 29.2 Å². The Bertz CT molecular complexity index is 1410. The third-order valence-corrected chi connectivity index (χ3v) is 7.34. The summed E-state index contributed by atoms with van der Waals surface area (Å²) in [5, 5.41) is 0. The zero-order valence-electron chi connectivity index (χ0n) is 24.2. The number of hydrogen-bond donors (Lipinski definition) is 0. The highest BCUT2D eigenvalue weighted by Crippen LogP contribution is 2.41. The molecule has 2 saturated heterocycles. The molecular formula is C33H35N3O7. The quantitative estimate of drug-likeness (QED) is 0.168. The van der Waals surface area contributed by atoms with Crippen LogP contribution < -0.4 is 0 Å². The number of carbonyl (C=O) groups is 2. The Balaban J connectivity index is 1.48. The van der Waals surface area contributed by atoms with Crippen molar-refractivity contribution >= 4 is 18.1 Å². The van der Waals surface area contributed by atoms with Crippen LogP contribution >= 0.6 is 0 Å². The molecule has 1 amide bonds. The number of Topliss-reactive ketones (excluding diaryl/α,β-unsaturated/α-hetero) is 1. The number of ketones is 1. The molecule has 0 aliphatic carbocycles. The lowest BCUT2D eigenvalue weighted by molar-refractivity contribution is -0.226. The molecule has 0 unspecified atom stereocenters. The molecule has 2 aliphatic heterocycles. The average molecular weight is 586 g/mol. The first kappa shape index (κ1) is 30.3. The fourth-order valence-electron chi connectivity index (χ4n) is 5.40. The van der Waals surface area contributed by atoms with Crippen molar-refractivity contribution < 1.29 is 38.1 Å². The van der Waals surface area contributed by atoms with E-state index >= 15 is 0 Å². The van der Waals surface area contributed by atoms with E-state index in [4.69, 9.17) is 29.2 Å². The van der Waals surface area contributed by atoms with E-state index in [9.17, 15) is 9.59 Å². The van der Waals surface area contributed by atoms with Gasteiger partial charge in [-0.05, 0) is 30.5 Å². The molecule has 3 aromatic carbocycles. The van der Waals surface area contributed by atoms with Gasteiger partial charge in [-0.25, -0.2) is 4.79 Å². The van der Waals surface area contributed by atoms with Crippen LogP contribution in [-0.4, -0.2) is 64.2 Å². The minimum Gasteiger partial charge on any atom is -0.445 e. The van der Waals surface area contributed by atoms with E-state index in [0.717, 1.165) is 22.9 Å². The van der Waals surface area contributed by atoms with Gasteiger partial charge in [0.2, 0.25) is 5.78 Å². The second kappa shape index (κ2) is 13.9. The second-order valence-corrected chi connectivity index (χ2v) is 11.0. The number of carbonyl (C=O) groups excluding carboxylic acids is 2. The Hall–Kier alpha value is -4.18. The van der Waals surface area contributed by atoms with E-state index in [1.807, 2.05) is 91.0 Å². The summed E-state index contributed by atoms with van der Waals surface area (Å²) >= 11 is 0. The molecule has 0 spiro atoms. The molecule has 0 saturated carbocycles. The average Bonchev–Trinajstić information content (AvgIpc) is 3.49. The number of amides is 1. The van der Waals surface area contributed by atoms with Crippen LogP contribution in [0, 0.1) is 0 Å². The normalized spacial score (nSPS) is 22.7. The van der Waals surface area contributed by atoms with E-state index in [1.165, 1.54) is 4.90 Å². The Morgan fingerprint density at radius 2 is 1.49 bits per heavy atom. The van der Waals surface area contributed by atoms with Crippen LogP contribution in [0.1, 0.15) is 37.0 Å². The number of fused-ring (bicyclic) bond motifs is 1. The molecule has 5 rings (SSSR count). The smallest absolute Gasteiger partial charge is 0.410 e. The van der Waals surface area contributed by atoms with E-state index < -0.39 is 48.3 Å². The van der Waals surface area contributed by atoms with Gasteiger partial charge in [-0.15, -0.1) is 0 Å². The molecule has 0 radical (unpaired) electrons. The predicted molar refractivity (Wildman–Crippen MR) is 155 cm³/mol. The highest BCUT2D eigenvalue weighted by Gasteiger charge is 2.58. The van der Waals surface area contributed by atoms with Gasteiger partial charge in [0.05, 0.1) is 12.6 Å². The molecule has 0 N–H and O–H groups in total. The maximum atomic E-state index is 13.8. The number of benzene rings is 3. The second-order valence-electron chi connectivity index (χ2n) is 11.0. The summed E-state index contributed by atoms with van der Waals surface area (Å²) in [6.45, 7) is 3.98. The number of nitrogens with zero attached hydrogens (tertiary/aromatic N) is 3. The summed E-state index contributed by atoms with van der Waals surface area (Å²) in [5.41, 5.74) is 11.7. The van der Waals surface area contributed by atoms with Gasteiger partial charge in [0.25, 0.3) is 0 Å². The van der Waals surface area contributed by atoms with Crippen molar-refractivity contribution in [3.63, 3.8) is 0 Å². The van der Waals surface area contributed by atoms with Crippen LogP contribution in [0.15, 0.2) is 91.0 Å². The van der Waals surface area contributed by atoms with Crippen LogP contribution in [0.25, 0.3) is 5.53 Å². The standard InChI is InChI=1S/C33H35N3O7/c1-33(2)42-30-29(39-21-24-14-8-4-9-15-24)28(41-31(30)43-33)27(18-26(37)19-35-34)36(20-23-12-6-3-7-13-23)32(38)40-22-25-16-10-5-11-17-25/h3-17,19,27-31H,18,20-22H2,1-2H3/t27-,28-,29+,30-,31-/m1/s1. The van der Waals surface area contributed by atoms with Crippen LogP contribution in [-0.2, 0) is 48.2 Å². The SMILES string of the molecule is CC1(C)O[C@H]2O[C@H]([C@@H](CC(=O)C=[N+]=[N-])N(Cc3ccccc3)C(=O)OCc3ccccc3)[C@H](OCc3ccccc3)[C@H]2O1. The Morgan fingerprint density at radius 1 is 0.907 bits per heavy atom. The molecule has 0 bridgehead atoms. The molecule has 5 atom stereocenters. The summed E-state index contributed by atoms with van der Waals surface area (Å²) in [6, 6.07) is 27.5. The maximum absolute atomic E-state index is 13.8. The molecular weight excluding hydrogens is 550 g/mol. The van der Waals surface area contributed by atoms with Crippen molar-refractivity contribution in [1.29, 1.82) is 0 Å². The fourth-order valence-corrected chi connectivity index (χ4v) is 5.40. The Labute approximate surface area is 250 Å². The topological polar surface area (TPSA) is 120 Å². The highest BCUT2D eigenvalue weighted by molar-refractivity contribution is 6.25. The van der Waals surface area contributed by atoms with E-state index in [0.29, 0.717) is 0 Å². The van der Waals surface area contributed by atoms with E-state index in [1.54, 1.807) is 13.8 Å². The monoisotopic (exact) mass is 585 g/mol. The Kier molecular flexibility index (Phi) is 9.76. The molecule has 3 aromatic rings. The van der Waals surface area contributed by atoms with Crippen molar-refractivity contribution in [2.45, 2.75) is 76.5 Å². The van der Waals surface area contributed by atoms with Crippen LogP contribution in [0.2, 0.25) is 0 Å². The first-order valence-electron chi connectivity index (χ1n) is 14.2. The summed E-state index contributed by atoms with van der Waals surface area (Å²) in [6.07, 6.45) is -3.02. The van der Waals surface area contributed by atoms with Gasteiger partial charge in [0, 0.05) is 13.0 Å². The molecule has 10 nitrogen and oxygen atoms in total. The van der Waals surface area contributed by atoms with Crippen LogP contribution in [0.3, 0.4) is 0 Å². The zero-order chi connectivity index (χ0) is 30.2. The van der Waals surface area contributed by atoms with Gasteiger partial charge in [0.1, 0.15) is 24.9 Å². The largest absolute Gasteiger partial charge is 0.445 e. The number of rotatable bonds is 12. The summed E-state index contributed by atoms with van der Waals surface area (Å²) in [5.74, 6) is -1.42. The summed E-state index contributed by atoms with van der Waals surface area (Å²) in [7, 11) is 0. The zero-order valence-corrected chi connectivity index (χ0v) is 24.2. The third-order valence-electron chi connectivity index (χ3n) is 7.34. The van der Waals surface area contributed by atoms with E-state index in [-0.39, 0.29) is 26.2 Å². The van der Waals surface area contributed by atoms with Crippen LogP contribution in [0.4, 0.5) is 4.79 Å². The maximum Gasteiger partial charge on any atom is 0.410 e. The molecule has 2 heterocycles. The lowest BCUT2D eigenvalue weighted by atomic mass is 9.96. The number of hydrogen-bond acceptors (Lipinski definition) is 7. The summed E-state index contributed by atoms with van der Waals surface area (Å²) < 4.78 is 30.9. The minimum absolute atomic E-state index is 0.0366. The van der Waals surface area contributed by atoms with Crippen molar-refractivity contribution in [3.05, 3.63) is 113 Å². The predicted octanol–water partition coefficient (Wildman–Crippen LogP) is 4.92. The molecule has 2 fully saturated rings. The van der Waals surface area contributed by atoms with Gasteiger partial charge in [0.15, 0.2) is 12.1 Å². The van der Waals surface area contributed by atoms with Crippen LogP contribution in [0.5, 0.6) is 0 Å². The lowest BCUT2D eigenvalue weighted by Gasteiger charge is -2.37. The minimum atomic E-state index is -0.915. The van der Waals surface area contributed by atoms with Gasteiger partial charge in [-0.2, -0.15) is 4.79 Å². The van der Waals surface area contributed by atoms with Gasteiger partial charge in [-0.1, -0.05) is 91.0 Å². The molecule has 224 valence electrons. The third kappa shape index (κ3) is 7.81. The van der Waals surface area contributed by atoms with Gasteiger partial charge >= 0.3 is 12.3 Å². The molecule has 0 aromatic heterocycles. The Morgan fingerprint density at radius 3 is 2.09 bits per heavy atom. The van der Waals surface area contributed by atoms with Crippen molar-refractivity contribution in [2.75, 3.05) is 0 Å². The van der Waals surface area contributed by atoms with Crippen molar-refractivity contribution in [1.82, 2.24) is 4.90 Å². The van der Waals surface area contributed by atoms with Crippen molar-refractivity contribution in [2.24, 2.45) is 0 Å². The lowest BCUT2D eigenvalue weighted by Crippen LogP contribution is -2.53.